The summed E-state index contributed by atoms with van der Waals surface area (Å²) in [6.07, 6.45) is 0.323. The molecule has 0 unspecified atom stereocenters. The van der Waals surface area contributed by atoms with E-state index in [4.69, 9.17) is 0 Å². The van der Waals surface area contributed by atoms with Gasteiger partial charge in [-0.05, 0) is 13.8 Å². The molecule has 1 aliphatic heterocycles. The Kier molecular flexibility index (Phi) is 5.47. The predicted molar refractivity (Wildman–Crippen MR) is 66.9 cm³/mol. The molecular weight excluding hydrogens is 250 g/mol. The summed E-state index contributed by atoms with van der Waals surface area (Å²) in [6.45, 7) is 4.05. The standard InChI is InChI=1S/C12H19N3O4/c1-3-13-9(16)7-14(4-2)12(19)8-15-10(17)5-6-11(15)18/h3-8H2,1-2H3,(H,13,16). The van der Waals surface area contributed by atoms with Crippen molar-refractivity contribution >= 4 is 23.6 Å². The van der Waals surface area contributed by atoms with Gasteiger partial charge in [0.25, 0.3) is 0 Å². The maximum Gasteiger partial charge on any atom is 0.243 e. The van der Waals surface area contributed by atoms with E-state index in [-0.39, 0.29) is 43.7 Å². The van der Waals surface area contributed by atoms with Crippen LogP contribution in [0.3, 0.4) is 0 Å². The van der Waals surface area contributed by atoms with Gasteiger partial charge in [-0.3, -0.25) is 24.1 Å². The van der Waals surface area contributed by atoms with Crippen molar-refractivity contribution in [3.05, 3.63) is 0 Å². The van der Waals surface area contributed by atoms with Crippen molar-refractivity contribution in [2.24, 2.45) is 0 Å². The molecule has 0 saturated carbocycles. The molecule has 7 nitrogen and oxygen atoms in total. The van der Waals surface area contributed by atoms with Gasteiger partial charge in [-0.2, -0.15) is 0 Å². The number of likely N-dealkylation sites (tertiary alicyclic amines) is 1. The maximum atomic E-state index is 12.0. The lowest BCUT2D eigenvalue weighted by molar-refractivity contribution is -0.146. The van der Waals surface area contributed by atoms with Crippen LogP contribution in [-0.2, 0) is 19.2 Å². The summed E-state index contributed by atoms with van der Waals surface area (Å²) >= 11 is 0. The van der Waals surface area contributed by atoms with E-state index in [1.54, 1.807) is 13.8 Å². The Morgan fingerprint density at radius 1 is 1.21 bits per heavy atom. The first-order chi connectivity index (χ1) is 8.99. The average Bonchev–Trinajstić information content (AvgIpc) is 2.68. The van der Waals surface area contributed by atoms with Crippen molar-refractivity contribution < 1.29 is 19.2 Å². The van der Waals surface area contributed by atoms with Gasteiger partial charge in [-0.1, -0.05) is 0 Å². The normalized spacial score (nSPS) is 14.7. The minimum Gasteiger partial charge on any atom is -0.355 e. The molecule has 1 saturated heterocycles. The molecule has 1 aliphatic rings. The Bertz CT molecular complexity index is 378. The van der Waals surface area contributed by atoms with Crippen molar-refractivity contribution in [1.82, 2.24) is 15.1 Å². The Morgan fingerprint density at radius 2 is 1.79 bits per heavy atom. The highest BCUT2D eigenvalue weighted by Gasteiger charge is 2.31. The summed E-state index contributed by atoms with van der Waals surface area (Å²) < 4.78 is 0. The number of amides is 4. The minimum absolute atomic E-state index is 0.0562. The zero-order valence-electron chi connectivity index (χ0n) is 11.3. The van der Waals surface area contributed by atoms with E-state index in [2.05, 4.69) is 5.32 Å². The lowest BCUT2D eigenvalue weighted by atomic mass is 10.4. The van der Waals surface area contributed by atoms with Gasteiger partial charge in [0.2, 0.25) is 23.6 Å². The quantitative estimate of drug-likeness (QED) is 0.634. The van der Waals surface area contributed by atoms with Crippen LogP contribution in [0.4, 0.5) is 0 Å². The van der Waals surface area contributed by atoms with E-state index >= 15 is 0 Å². The number of hydrogen-bond donors (Lipinski definition) is 1. The van der Waals surface area contributed by atoms with Crippen LogP contribution in [-0.4, -0.2) is 59.6 Å². The van der Waals surface area contributed by atoms with Gasteiger partial charge in [0.15, 0.2) is 0 Å². The highest BCUT2D eigenvalue weighted by atomic mass is 16.2. The summed E-state index contributed by atoms with van der Waals surface area (Å²) in [5.41, 5.74) is 0. The van der Waals surface area contributed by atoms with Gasteiger partial charge < -0.3 is 10.2 Å². The van der Waals surface area contributed by atoms with E-state index in [1.165, 1.54) is 4.90 Å². The van der Waals surface area contributed by atoms with Crippen LogP contribution in [0.15, 0.2) is 0 Å². The van der Waals surface area contributed by atoms with E-state index in [0.29, 0.717) is 13.1 Å². The SMILES string of the molecule is CCNC(=O)CN(CC)C(=O)CN1C(=O)CCC1=O. The summed E-state index contributed by atoms with van der Waals surface area (Å²) in [6, 6.07) is 0. The fourth-order valence-corrected chi connectivity index (χ4v) is 1.84. The van der Waals surface area contributed by atoms with Crippen molar-refractivity contribution in [3.8, 4) is 0 Å². The summed E-state index contributed by atoms with van der Waals surface area (Å²) in [7, 11) is 0. The lowest BCUT2D eigenvalue weighted by Gasteiger charge is -2.22. The zero-order chi connectivity index (χ0) is 14.4. The first-order valence-corrected chi connectivity index (χ1v) is 6.37. The van der Waals surface area contributed by atoms with Crippen LogP contribution in [0, 0.1) is 0 Å². The summed E-state index contributed by atoms with van der Waals surface area (Å²) in [4.78, 5) is 48.5. The molecule has 0 atom stereocenters. The fraction of sp³-hybridized carbons (Fsp3) is 0.667. The minimum atomic E-state index is -0.391. The highest BCUT2D eigenvalue weighted by molar-refractivity contribution is 6.04. The average molecular weight is 269 g/mol. The van der Waals surface area contributed by atoms with E-state index < -0.39 is 5.91 Å². The Morgan fingerprint density at radius 3 is 2.26 bits per heavy atom. The first-order valence-electron chi connectivity index (χ1n) is 6.37. The van der Waals surface area contributed by atoms with Gasteiger partial charge in [-0.15, -0.1) is 0 Å². The van der Waals surface area contributed by atoms with E-state index in [9.17, 15) is 19.2 Å². The number of imide groups is 1. The molecule has 0 aliphatic carbocycles. The van der Waals surface area contributed by atoms with Crippen LogP contribution in [0.2, 0.25) is 0 Å². The Labute approximate surface area is 111 Å². The molecule has 7 heteroatoms. The maximum absolute atomic E-state index is 12.0. The molecule has 0 spiro atoms. The van der Waals surface area contributed by atoms with Crippen LogP contribution >= 0.6 is 0 Å². The Balaban J connectivity index is 2.56. The highest BCUT2D eigenvalue weighted by Crippen LogP contribution is 2.11. The third-order valence-electron chi connectivity index (χ3n) is 2.89. The number of nitrogens with one attached hydrogen (secondary N) is 1. The largest absolute Gasteiger partial charge is 0.355 e. The second-order valence-corrected chi connectivity index (χ2v) is 4.24. The van der Waals surface area contributed by atoms with E-state index in [0.717, 1.165) is 4.90 Å². The Hall–Kier alpha value is -1.92. The molecule has 0 aromatic heterocycles. The number of nitrogens with zero attached hydrogens (tertiary/aromatic N) is 2. The third-order valence-corrected chi connectivity index (χ3v) is 2.89. The number of rotatable bonds is 6. The number of hydrogen-bond acceptors (Lipinski definition) is 4. The number of carbonyl (C=O) groups is 4. The van der Waals surface area contributed by atoms with Gasteiger partial charge >= 0.3 is 0 Å². The molecule has 1 fully saturated rings. The molecule has 1 rings (SSSR count). The smallest absolute Gasteiger partial charge is 0.243 e. The number of carbonyl (C=O) groups excluding carboxylic acids is 4. The second-order valence-electron chi connectivity index (χ2n) is 4.24. The van der Waals surface area contributed by atoms with Crippen molar-refractivity contribution in [2.75, 3.05) is 26.2 Å². The molecule has 1 heterocycles. The van der Waals surface area contributed by atoms with E-state index in [1.807, 2.05) is 0 Å². The first kappa shape index (κ1) is 15.1. The molecular formula is C12H19N3O4. The molecule has 0 aromatic rings. The van der Waals surface area contributed by atoms with Crippen molar-refractivity contribution in [2.45, 2.75) is 26.7 Å². The summed E-state index contributed by atoms with van der Waals surface area (Å²) in [5, 5.41) is 2.60. The van der Waals surface area contributed by atoms with Gasteiger partial charge in [0, 0.05) is 25.9 Å². The fourth-order valence-electron chi connectivity index (χ4n) is 1.84. The second kappa shape index (κ2) is 6.86. The molecule has 0 bridgehead atoms. The molecule has 1 N–H and O–H groups in total. The molecule has 19 heavy (non-hydrogen) atoms. The lowest BCUT2D eigenvalue weighted by Crippen LogP contribution is -2.46. The van der Waals surface area contributed by atoms with Crippen LogP contribution in [0.1, 0.15) is 26.7 Å². The molecule has 0 radical (unpaired) electrons. The van der Waals surface area contributed by atoms with Crippen LogP contribution in [0.5, 0.6) is 0 Å². The van der Waals surface area contributed by atoms with Gasteiger partial charge in [0.05, 0.1) is 6.54 Å². The van der Waals surface area contributed by atoms with Gasteiger partial charge in [-0.25, -0.2) is 0 Å². The third kappa shape index (κ3) is 4.04. The number of likely N-dealkylation sites (N-methyl/N-ethyl adjacent to an activating group) is 2. The van der Waals surface area contributed by atoms with Crippen molar-refractivity contribution in [1.29, 1.82) is 0 Å². The molecule has 0 aromatic carbocycles. The van der Waals surface area contributed by atoms with Crippen LogP contribution in [0.25, 0.3) is 0 Å². The zero-order valence-corrected chi connectivity index (χ0v) is 11.3. The van der Waals surface area contributed by atoms with Gasteiger partial charge in [0.1, 0.15) is 6.54 Å². The molecule has 106 valence electrons. The topological polar surface area (TPSA) is 86.8 Å². The monoisotopic (exact) mass is 269 g/mol. The molecule has 4 amide bonds. The summed E-state index contributed by atoms with van der Waals surface area (Å²) in [5.74, 6) is -1.30. The predicted octanol–water partition coefficient (Wildman–Crippen LogP) is -0.880. The van der Waals surface area contributed by atoms with Crippen molar-refractivity contribution in [3.63, 3.8) is 0 Å². The van der Waals surface area contributed by atoms with Crippen LogP contribution < -0.4 is 5.32 Å².